The van der Waals surface area contributed by atoms with Crippen molar-refractivity contribution in [3.8, 4) is 23.0 Å². The van der Waals surface area contributed by atoms with Crippen molar-refractivity contribution >= 4 is 50.6 Å². The van der Waals surface area contributed by atoms with E-state index in [0.717, 1.165) is 16.7 Å². The highest BCUT2D eigenvalue weighted by Crippen LogP contribution is 2.43. The SMILES string of the molecule is COc1cc(Br)c(/C=C2\SC(=O)N(C)C2=O)cc1Oc1cccc(OC)c1[N+](=O)[O-]. The number of imide groups is 1. The lowest BCUT2D eigenvalue weighted by Crippen LogP contribution is -2.22. The zero-order valence-electron chi connectivity index (χ0n) is 16.0. The summed E-state index contributed by atoms with van der Waals surface area (Å²) in [7, 11) is 4.15. The number of hydrogen-bond donors (Lipinski definition) is 0. The predicted molar refractivity (Wildman–Crippen MR) is 114 cm³/mol. The van der Waals surface area contributed by atoms with Crippen LogP contribution in [-0.4, -0.2) is 42.2 Å². The van der Waals surface area contributed by atoms with Crippen LogP contribution < -0.4 is 14.2 Å². The summed E-state index contributed by atoms with van der Waals surface area (Å²) in [4.78, 5) is 36.1. The lowest BCUT2D eigenvalue weighted by atomic mass is 10.1. The number of rotatable bonds is 6. The zero-order chi connectivity index (χ0) is 22.0. The van der Waals surface area contributed by atoms with E-state index in [9.17, 15) is 19.7 Å². The molecule has 0 saturated carbocycles. The lowest BCUT2D eigenvalue weighted by Gasteiger charge is -2.13. The van der Waals surface area contributed by atoms with Gasteiger partial charge in [-0.2, -0.15) is 0 Å². The van der Waals surface area contributed by atoms with E-state index in [4.69, 9.17) is 14.2 Å². The summed E-state index contributed by atoms with van der Waals surface area (Å²) in [5.41, 5.74) is 0.189. The van der Waals surface area contributed by atoms with Crippen LogP contribution in [-0.2, 0) is 4.79 Å². The number of halogens is 1. The van der Waals surface area contributed by atoms with Crippen LogP contribution in [0.4, 0.5) is 10.5 Å². The topological polar surface area (TPSA) is 108 Å². The average Bonchev–Trinajstić information content (AvgIpc) is 2.96. The number of carbonyl (C=O) groups is 2. The van der Waals surface area contributed by atoms with Gasteiger partial charge in [-0.05, 0) is 47.7 Å². The Labute approximate surface area is 183 Å². The molecule has 1 fully saturated rings. The molecular weight excluding hydrogens is 480 g/mol. The largest absolute Gasteiger partial charge is 0.493 e. The summed E-state index contributed by atoms with van der Waals surface area (Å²) in [5, 5.41) is 11.1. The predicted octanol–water partition coefficient (Wildman–Crippen LogP) is 4.83. The number of hydrogen-bond acceptors (Lipinski definition) is 8. The molecule has 9 nitrogen and oxygen atoms in total. The van der Waals surface area contributed by atoms with E-state index in [1.165, 1.54) is 39.5 Å². The number of nitro benzene ring substituents is 1. The van der Waals surface area contributed by atoms with Crippen LogP contribution in [0.1, 0.15) is 5.56 Å². The fourth-order valence-electron chi connectivity index (χ4n) is 2.64. The second kappa shape index (κ2) is 8.76. The number of nitrogens with zero attached hydrogens (tertiary/aromatic N) is 2. The molecule has 0 atom stereocenters. The van der Waals surface area contributed by atoms with E-state index in [1.54, 1.807) is 18.2 Å². The smallest absolute Gasteiger partial charge is 0.352 e. The number of benzene rings is 2. The normalized spacial score (nSPS) is 14.9. The van der Waals surface area contributed by atoms with Gasteiger partial charge in [-0.1, -0.05) is 22.0 Å². The van der Waals surface area contributed by atoms with Crippen LogP contribution in [0.5, 0.6) is 23.0 Å². The minimum Gasteiger partial charge on any atom is -0.493 e. The van der Waals surface area contributed by atoms with Crippen molar-refractivity contribution in [2.45, 2.75) is 0 Å². The number of nitro groups is 1. The molecule has 2 amide bonds. The van der Waals surface area contributed by atoms with Gasteiger partial charge >= 0.3 is 5.69 Å². The van der Waals surface area contributed by atoms with Gasteiger partial charge in [0.05, 0.1) is 24.0 Å². The molecule has 0 bridgehead atoms. The van der Waals surface area contributed by atoms with Crippen LogP contribution in [0.25, 0.3) is 6.08 Å². The van der Waals surface area contributed by atoms with E-state index in [0.29, 0.717) is 15.8 Å². The quantitative estimate of drug-likeness (QED) is 0.319. The maximum absolute atomic E-state index is 12.2. The van der Waals surface area contributed by atoms with Crippen molar-refractivity contribution in [3.05, 3.63) is 55.4 Å². The fourth-order valence-corrected chi connectivity index (χ4v) is 3.89. The van der Waals surface area contributed by atoms with Gasteiger partial charge < -0.3 is 14.2 Å². The third kappa shape index (κ3) is 4.12. The third-order valence-corrected chi connectivity index (χ3v) is 5.79. The monoisotopic (exact) mass is 494 g/mol. The molecule has 0 aliphatic carbocycles. The van der Waals surface area contributed by atoms with Crippen molar-refractivity contribution in [2.24, 2.45) is 0 Å². The molecule has 0 N–H and O–H groups in total. The second-order valence-electron chi connectivity index (χ2n) is 5.93. The van der Waals surface area contributed by atoms with Gasteiger partial charge in [-0.25, -0.2) is 0 Å². The molecule has 1 aliphatic rings. The Balaban J connectivity index is 2.07. The Morgan fingerprint density at radius 3 is 2.33 bits per heavy atom. The summed E-state index contributed by atoms with van der Waals surface area (Å²) < 4.78 is 16.8. The van der Waals surface area contributed by atoms with Gasteiger partial charge in [-0.3, -0.25) is 24.6 Å². The molecule has 0 aromatic heterocycles. The minimum absolute atomic E-state index is 0.0418. The van der Waals surface area contributed by atoms with E-state index in [-0.39, 0.29) is 33.1 Å². The first-order chi connectivity index (χ1) is 14.3. The Bertz CT molecular complexity index is 1090. The van der Waals surface area contributed by atoms with Crippen LogP contribution >= 0.6 is 27.7 Å². The van der Waals surface area contributed by atoms with E-state index < -0.39 is 10.8 Å². The van der Waals surface area contributed by atoms with Crippen molar-refractivity contribution in [1.29, 1.82) is 0 Å². The van der Waals surface area contributed by atoms with Crippen LogP contribution in [0, 0.1) is 10.1 Å². The van der Waals surface area contributed by atoms with Gasteiger partial charge in [0.25, 0.3) is 11.1 Å². The number of likely N-dealkylation sites (N-methyl/N-ethyl adjacent to an activating group) is 1. The number of carbonyl (C=O) groups excluding carboxylic acids is 2. The van der Waals surface area contributed by atoms with Crippen molar-refractivity contribution in [3.63, 3.8) is 0 Å². The molecule has 1 saturated heterocycles. The second-order valence-corrected chi connectivity index (χ2v) is 7.78. The summed E-state index contributed by atoms with van der Waals surface area (Å²) in [6.07, 6.45) is 1.53. The van der Waals surface area contributed by atoms with Crippen LogP contribution in [0.15, 0.2) is 39.7 Å². The number of amides is 2. The average molecular weight is 495 g/mol. The van der Waals surface area contributed by atoms with Crippen LogP contribution in [0.2, 0.25) is 0 Å². The molecule has 1 aliphatic heterocycles. The van der Waals surface area contributed by atoms with Gasteiger partial charge in [-0.15, -0.1) is 0 Å². The Morgan fingerprint density at radius 2 is 1.77 bits per heavy atom. The fraction of sp³-hybridized carbons (Fsp3) is 0.158. The number of ether oxygens (including phenoxy) is 3. The first-order valence-corrected chi connectivity index (χ1v) is 9.96. The molecule has 2 aromatic rings. The summed E-state index contributed by atoms with van der Waals surface area (Å²) >= 11 is 4.21. The van der Waals surface area contributed by atoms with Gasteiger partial charge in [0.15, 0.2) is 11.5 Å². The van der Waals surface area contributed by atoms with Crippen molar-refractivity contribution in [2.75, 3.05) is 21.3 Å². The van der Waals surface area contributed by atoms with Gasteiger partial charge in [0, 0.05) is 11.5 Å². The van der Waals surface area contributed by atoms with Crippen molar-refractivity contribution in [1.82, 2.24) is 4.90 Å². The standard InChI is InChI=1S/C19H15BrN2O7S/c1-21-18(23)16(30-19(21)24)8-10-7-15(14(28-3)9-11(10)20)29-13-6-4-5-12(27-2)17(13)22(25)26/h4-9H,1-3H3/b16-8-. The number of methoxy groups -OCH3 is 2. The van der Waals surface area contributed by atoms with Gasteiger partial charge in [0.2, 0.25) is 11.5 Å². The van der Waals surface area contributed by atoms with E-state index in [1.807, 2.05) is 0 Å². The Kier molecular flexibility index (Phi) is 6.32. The zero-order valence-corrected chi connectivity index (χ0v) is 18.4. The summed E-state index contributed by atoms with van der Waals surface area (Å²) in [6, 6.07) is 7.60. The van der Waals surface area contributed by atoms with E-state index in [2.05, 4.69) is 15.9 Å². The number of para-hydroxylation sites is 1. The maximum Gasteiger partial charge on any atom is 0.352 e. The molecule has 0 spiro atoms. The highest BCUT2D eigenvalue weighted by molar-refractivity contribution is 9.10. The van der Waals surface area contributed by atoms with Crippen molar-refractivity contribution < 1.29 is 28.7 Å². The molecule has 11 heteroatoms. The molecule has 2 aromatic carbocycles. The molecule has 1 heterocycles. The minimum atomic E-state index is -0.600. The highest BCUT2D eigenvalue weighted by Gasteiger charge is 2.32. The lowest BCUT2D eigenvalue weighted by molar-refractivity contribution is -0.386. The van der Waals surface area contributed by atoms with Crippen LogP contribution in [0.3, 0.4) is 0 Å². The molecule has 156 valence electrons. The first kappa shape index (κ1) is 21.7. The Hall–Kier alpha value is -3.05. The molecular formula is C19H15BrN2O7S. The van der Waals surface area contributed by atoms with E-state index >= 15 is 0 Å². The Morgan fingerprint density at radius 1 is 1.10 bits per heavy atom. The highest BCUT2D eigenvalue weighted by atomic mass is 79.9. The summed E-state index contributed by atoms with van der Waals surface area (Å²) in [6.45, 7) is 0. The molecule has 0 unspecified atom stereocenters. The molecule has 30 heavy (non-hydrogen) atoms. The molecule has 0 radical (unpaired) electrons. The first-order valence-electron chi connectivity index (χ1n) is 8.35. The number of thioether (sulfide) groups is 1. The maximum atomic E-state index is 12.2. The third-order valence-electron chi connectivity index (χ3n) is 4.14. The molecule has 3 rings (SSSR count). The summed E-state index contributed by atoms with van der Waals surface area (Å²) in [5.74, 6) is 0.0719. The van der Waals surface area contributed by atoms with Gasteiger partial charge in [0.1, 0.15) is 0 Å².